The molecule has 2 heterocycles. The molecular weight excluding hydrogens is 390 g/mol. The fourth-order valence-electron chi connectivity index (χ4n) is 1.52. The molecule has 7 heteroatoms. The number of carboxylic acids is 2. The average molecular weight is 397 g/mol. The second kappa shape index (κ2) is 6.41. The van der Waals surface area contributed by atoms with E-state index in [0.29, 0.717) is 5.56 Å². The minimum absolute atomic E-state index is 0. The van der Waals surface area contributed by atoms with Crippen LogP contribution < -0.4 is 10.2 Å². The summed E-state index contributed by atoms with van der Waals surface area (Å²) in [7, 11) is 0. The van der Waals surface area contributed by atoms with E-state index in [0.717, 1.165) is 0 Å². The first-order chi connectivity index (χ1) is 8.49. The van der Waals surface area contributed by atoms with Crippen molar-refractivity contribution in [3.8, 4) is 11.3 Å². The van der Waals surface area contributed by atoms with Crippen molar-refractivity contribution in [1.82, 2.24) is 4.98 Å². The molecule has 0 fully saturated rings. The molecule has 0 bridgehead atoms. The fourth-order valence-corrected chi connectivity index (χ4v) is 1.52. The Morgan fingerprint density at radius 1 is 1.21 bits per heavy atom. The van der Waals surface area contributed by atoms with Crippen molar-refractivity contribution in [3.63, 3.8) is 0 Å². The van der Waals surface area contributed by atoms with Gasteiger partial charge in [0.1, 0.15) is 11.5 Å². The van der Waals surface area contributed by atoms with Crippen LogP contribution in [0.25, 0.3) is 11.3 Å². The SMILES string of the molecule is Cc1oc(-c2ccnc(C(=O)[O-])c2)cc1C(=O)[O-].[Eu+3]. The number of carbonyl (C=O) groups is 2. The van der Waals surface area contributed by atoms with E-state index in [4.69, 9.17) is 4.42 Å². The Morgan fingerprint density at radius 2 is 1.89 bits per heavy atom. The number of hydrogen-bond donors (Lipinski definition) is 0. The summed E-state index contributed by atoms with van der Waals surface area (Å²) < 4.78 is 5.23. The van der Waals surface area contributed by atoms with Crippen LogP contribution in [-0.4, -0.2) is 16.9 Å². The van der Waals surface area contributed by atoms with Crippen LogP contribution in [0.1, 0.15) is 26.6 Å². The maximum absolute atomic E-state index is 10.8. The van der Waals surface area contributed by atoms with Crippen LogP contribution in [0.3, 0.4) is 0 Å². The molecule has 2 aromatic rings. The second-order valence-electron chi connectivity index (χ2n) is 3.59. The van der Waals surface area contributed by atoms with Crippen LogP contribution in [0.5, 0.6) is 0 Å². The number of furan rings is 1. The van der Waals surface area contributed by atoms with Crippen molar-refractivity contribution in [2.45, 2.75) is 6.92 Å². The van der Waals surface area contributed by atoms with E-state index in [2.05, 4.69) is 4.98 Å². The smallest absolute Gasteiger partial charge is 0.545 e. The zero-order valence-corrected chi connectivity index (χ0v) is 12.1. The molecule has 6 nitrogen and oxygen atoms in total. The monoisotopic (exact) mass is 398 g/mol. The van der Waals surface area contributed by atoms with Gasteiger partial charge >= 0.3 is 49.4 Å². The van der Waals surface area contributed by atoms with Gasteiger partial charge in [-0.15, -0.1) is 0 Å². The third-order valence-corrected chi connectivity index (χ3v) is 2.39. The number of rotatable bonds is 3. The molecular formula is C12H7EuNO5+. The predicted octanol–water partition coefficient (Wildman–Crippen LogP) is -0.623. The molecule has 0 saturated heterocycles. The van der Waals surface area contributed by atoms with E-state index in [1.807, 2.05) is 0 Å². The summed E-state index contributed by atoms with van der Waals surface area (Å²) in [4.78, 5) is 25.0. The maximum atomic E-state index is 10.8. The van der Waals surface area contributed by atoms with Gasteiger partial charge in [-0.1, -0.05) is 0 Å². The summed E-state index contributed by atoms with van der Waals surface area (Å²) in [5.74, 6) is -2.34. The molecule has 2 aromatic heterocycles. The molecule has 19 heavy (non-hydrogen) atoms. The van der Waals surface area contributed by atoms with Gasteiger partial charge < -0.3 is 24.2 Å². The van der Waals surface area contributed by atoms with Gasteiger partial charge in [0.25, 0.3) is 0 Å². The van der Waals surface area contributed by atoms with Gasteiger partial charge in [-0.3, -0.25) is 4.98 Å². The van der Waals surface area contributed by atoms with Gasteiger partial charge in [-0.2, -0.15) is 0 Å². The van der Waals surface area contributed by atoms with Crippen molar-refractivity contribution in [2.75, 3.05) is 0 Å². The number of pyridine rings is 1. The molecule has 0 spiro atoms. The predicted molar refractivity (Wildman–Crippen MR) is 55.3 cm³/mol. The number of carbonyl (C=O) groups excluding carboxylic acids is 2. The first-order valence-corrected chi connectivity index (χ1v) is 4.98. The number of carboxylic acid groups (broad SMARTS) is 2. The summed E-state index contributed by atoms with van der Waals surface area (Å²) in [6, 6.07) is 4.02. The Bertz CT molecular complexity index is 635. The summed E-state index contributed by atoms with van der Waals surface area (Å²) in [6.45, 7) is 1.48. The van der Waals surface area contributed by atoms with Crippen LogP contribution in [0.15, 0.2) is 28.8 Å². The van der Waals surface area contributed by atoms with Crippen LogP contribution in [0.2, 0.25) is 0 Å². The Kier molecular flexibility index (Phi) is 5.40. The molecule has 0 aliphatic carbocycles. The minimum atomic E-state index is -1.42. The summed E-state index contributed by atoms with van der Waals surface area (Å²) >= 11 is 0. The van der Waals surface area contributed by atoms with Crippen LogP contribution in [0, 0.1) is 56.3 Å². The normalized spacial score (nSPS) is 9.74. The number of aromatic nitrogens is 1. The van der Waals surface area contributed by atoms with Crippen molar-refractivity contribution in [3.05, 3.63) is 41.4 Å². The molecule has 0 atom stereocenters. The third kappa shape index (κ3) is 3.49. The van der Waals surface area contributed by atoms with E-state index >= 15 is 0 Å². The first kappa shape index (κ1) is 16.0. The molecule has 2 rings (SSSR count). The minimum Gasteiger partial charge on any atom is -0.545 e. The molecule has 0 aromatic carbocycles. The quantitative estimate of drug-likeness (QED) is 0.684. The molecule has 96 valence electrons. The van der Waals surface area contributed by atoms with Crippen LogP contribution in [-0.2, 0) is 0 Å². The molecule has 0 amide bonds. The zero-order valence-electron chi connectivity index (χ0n) is 9.68. The molecule has 0 aliphatic heterocycles. The topological polar surface area (TPSA) is 106 Å². The maximum Gasteiger partial charge on any atom is 3.00 e. The second-order valence-corrected chi connectivity index (χ2v) is 3.59. The Morgan fingerprint density at radius 3 is 2.42 bits per heavy atom. The molecule has 0 radical (unpaired) electrons. The number of aryl methyl sites for hydroxylation is 1. The van der Waals surface area contributed by atoms with Gasteiger partial charge in [0.05, 0.1) is 17.6 Å². The first-order valence-electron chi connectivity index (χ1n) is 4.98. The number of hydrogen-bond acceptors (Lipinski definition) is 6. The van der Waals surface area contributed by atoms with Crippen molar-refractivity contribution < 1.29 is 73.6 Å². The summed E-state index contributed by atoms with van der Waals surface area (Å²) in [5.41, 5.74) is 0.0770. The Balaban J connectivity index is 0.00000180. The van der Waals surface area contributed by atoms with E-state index in [-0.39, 0.29) is 72.2 Å². The number of nitrogens with zero attached hydrogens (tertiary/aromatic N) is 1. The zero-order chi connectivity index (χ0) is 13.3. The Labute approximate surface area is 149 Å². The average Bonchev–Trinajstić information content (AvgIpc) is 2.71. The number of aromatic carboxylic acids is 2. The largest absolute Gasteiger partial charge is 3.00 e. The summed E-state index contributed by atoms with van der Waals surface area (Å²) in [6.07, 6.45) is 1.27. The van der Waals surface area contributed by atoms with Gasteiger partial charge in [0.15, 0.2) is 0 Å². The van der Waals surface area contributed by atoms with Crippen molar-refractivity contribution in [1.29, 1.82) is 0 Å². The van der Waals surface area contributed by atoms with Crippen LogP contribution in [0.4, 0.5) is 0 Å². The summed E-state index contributed by atoms with van der Waals surface area (Å²) in [5, 5.41) is 21.4. The van der Waals surface area contributed by atoms with Gasteiger partial charge in [-0.05, 0) is 25.1 Å². The Hall–Kier alpha value is -1.05. The van der Waals surface area contributed by atoms with Gasteiger partial charge in [0.2, 0.25) is 0 Å². The van der Waals surface area contributed by atoms with Crippen LogP contribution >= 0.6 is 0 Å². The van der Waals surface area contributed by atoms with Gasteiger partial charge in [0, 0.05) is 17.3 Å². The standard InChI is InChI=1S/C12H9NO5.Eu/c1-6-8(11(14)15)5-10(18-6)7-2-3-13-9(4-7)12(16)17;/h2-5H,1H3,(H,14,15)(H,16,17);/q;+3/p-2. The van der Waals surface area contributed by atoms with Crippen molar-refractivity contribution in [2.24, 2.45) is 0 Å². The molecule has 0 saturated carbocycles. The third-order valence-electron chi connectivity index (χ3n) is 2.39. The molecule has 0 N–H and O–H groups in total. The van der Waals surface area contributed by atoms with E-state index < -0.39 is 11.9 Å². The molecule has 0 aliphatic rings. The van der Waals surface area contributed by atoms with E-state index in [1.165, 1.54) is 31.3 Å². The van der Waals surface area contributed by atoms with E-state index in [9.17, 15) is 19.8 Å². The fraction of sp³-hybridized carbons (Fsp3) is 0.0833. The van der Waals surface area contributed by atoms with Gasteiger partial charge in [-0.25, -0.2) is 0 Å². The van der Waals surface area contributed by atoms with E-state index in [1.54, 1.807) is 0 Å². The molecule has 0 unspecified atom stereocenters. The van der Waals surface area contributed by atoms with Crippen molar-refractivity contribution >= 4 is 11.9 Å².